The molecule has 2 aromatic heterocycles. The fourth-order valence-electron chi connectivity index (χ4n) is 2.38. The lowest BCUT2D eigenvalue weighted by atomic mass is 10.1. The lowest BCUT2D eigenvalue weighted by Crippen LogP contribution is -2.03. The van der Waals surface area contributed by atoms with Crippen molar-refractivity contribution in [1.82, 2.24) is 4.98 Å². The maximum Gasteiger partial charge on any atom is 0.341 e. The molecular weight excluding hydrogens is 272 g/mol. The van der Waals surface area contributed by atoms with E-state index in [0.717, 1.165) is 35.4 Å². The summed E-state index contributed by atoms with van der Waals surface area (Å²) in [6.07, 6.45) is 8.28. The Morgan fingerprint density at radius 2 is 2.40 bits per heavy atom. The summed E-state index contributed by atoms with van der Waals surface area (Å²) in [6, 6.07) is 3.78. The molecule has 0 aromatic carbocycles. The first kappa shape index (κ1) is 13.0. The van der Waals surface area contributed by atoms with Gasteiger partial charge in [-0.25, -0.2) is 9.79 Å². The summed E-state index contributed by atoms with van der Waals surface area (Å²) >= 11 is 1.59. The first-order chi connectivity index (χ1) is 9.79. The fraction of sp³-hybridized carbons (Fsp3) is 0.267. The first-order valence-electron chi connectivity index (χ1n) is 6.46. The van der Waals surface area contributed by atoms with Gasteiger partial charge in [-0.2, -0.15) is 0 Å². The van der Waals surface area contributed by atoms with Crippen molar-refractivity contribution >= 4 is 28.5 Å². The molecular formula is C15H14N2O2S. The van der Waals surface area contributed by atoms with Crippen molar-refractivity contribution in [2.45, 2.75) is 19.3 Å². The Morgan fingerprint density at radius 3 is 3.15 bits per heavy atom. The number of hydrogen-bond donors (Lipinski definition) is 0. The third kappa shape index (κ3) is 2.36. The van der Waals surface area contributed by atoms with Crippen LogP contribution < -0.4 is 0 Å². The number of methoxy groups -OCH3 is 1. The van der Waals surface area contributed by atoms with Crippen molar-refractivity contribution in [1.29, 1.82) is 0 Å². The van der Waals surface area contributed by atoms with E-state index >= 15 is 0 Å². The maximum absolute atomic E-state index is 12.0. The summed E-state index contributed by atoms with van der Waals surface area (Å²) in [5.74, 6) is -0.289. The van der Waals surface area contributed by atoms with Gasteiger partial charge < -0.3 is 4.74 Å². The van der Waals surface area contributed by atoms with Gasteiger partial charge >= 0.3 is 5.97 Å². The Morgan fingerprint density at radius 1 is 1.50 bits per heavy atom. The maximum atomic E-state index is 12.0. The molecule has 0 amide bonds. The summed E-state index contributed by atoms with van der Waals surface area (Å²) in [5, 5.41) is 0.741. The Hall–Kier alpha value is -2.01. The smallest absolute Gasteiger partial charge is 0.341 e. The molecule has 0 atom stereocenters. The Balaban J connectivity index is 1.98. The zero-order chi connectivity index (χ0) is 13.9. The van der Waals surface area contributed by atoms with Gasteiger partial charge in [0.1, 0.15) is 5.00 Å². The molecule has 0 N–H and O–H groups in total. The average molecular weight is 286 g/mol. The van der Waals surface area contributed by atoms with Crippen LogP contribution in [0.4, 0.5) is 5.00 Å². The lowest BCUT2D eigenvalue weighted by molar-refractivity contribution is 0.0601. The van der Waals surface area contributed by atoms with Crippen LogP contribution in [0.25, 0.3) is 0 Å². The van der Waals surface area contributed by atoms with E-state index in [1.54, 1.807) is 29.9 Å². The number of hydrogen-bond acceptors (Lipinski definition) is 5. The number of nitrogens with zero attached hydrogens (tertiary/aromatic N) is 2. The van der Waals surface area contributed by atoms with Crippen LogP contribution in [0, 0.1) is 0 Å². The van der Waals surface area contributed by atoms with Gasteiger partial charge in [0, 0.05) is 29.0 Å². The Labute approximate surface area is 121 Å². The molecule has 102 valence electrons. The van der Waals surface area contributed by atoms with Gasteiger partial charge in [-0.15, -0.1) is 11.3 Å². The Bertz CT molecular complexity index is 662. The van der Waals surface area contributed by atoms with Gasteiger partial charge in [-0.05, 0) is 30.9 Å². The molecule has 0 saturated carbocycles. The number of aliphatic imine (C=N–C) groups is 1. The van der Waals surface area contributed by atoms with E-state index < -0.39 is 0 Å². The summed E-state index contributed by atoms with van der Waals surface area (Å²) in [7, 11) is 1.41. The average Bonchev–Trinajstić information content (AvgIpc) is 3.05. The quantitative estimate of drug-likeness (QED) is 0.643. The van der Waals surface area contributed by atoms with Crippen LogP contribution in [0.5, 0.6) is 0 Å². The fourth-order valence-corrected chi connectivity index (χ4v) is 3.60. The largest absolute Gasteiger partial charge is 0.465 e. The summed E-state index contributed by atoms with van der Waals surface area (Å²) in [6.45, 7) is 0. The zero-order valence-electron chi connectivity index (χ0n) is 11.1. The number of esters is 1. The van der Waals surface area contributed by atoms with Crippen molar-refractivity contribution in [2.24, 2.45) is 4.99 Å². The molecule has 3 rings (SSSR count). The molecule has 2 aromatic rings. The van der Waals surface area contributed by atoms with Gasteiger partial charge in [0.2, 0.25) is 0 Å². The van der Waals surface area contributed by atoms with Crippen molar-refractivity contribution < 1.29 is 9.53 Å². The number of rotatable bonds is 3. The van der Waals surface area contributed by atoms with Crippen LogP contribution in [0.2, 0.25) is 0 Å². The van der Waals surface area contributed by atoms with Gasteiger partial charge in [0.05, 0.1) is 12.7 Å². The first-order valence-corrected chi connectivity index (χ1v) is 7.28. The predicted octanol–water partition coefficient (Wildman–Crippen LogP) is 3.17. The SMILES string of the molecule is COC(=O)c1c(N=Cc2cccnc2)sc2c1CCC2. The van der Waals surface area contributed by atoms with Crippen molar-refractivity contribution in [2.75, 3.05) is 7.11 Å². The molecule has 5 heteroatoms. The molecule has 4 nitrogen and oxygen atoms in total. The number of ether oxygens (including phenoxy) is 1. The van der Waals surface area contributed by atoms with E-state index in [9.17, 15) is 4.79 Å². The van der Waals surface area contributed by atoms with E-state index in [0.29, 0.717) is 5.56 Å². The highest BCUT2D eigenvalue weighted by molar-refractivity contribution is 7.16. The number of pyridine rings is 1. The highest BCUT2D eigenvalue weighted by Crippen LogP contribution is 2.41. The van der Waals surface area contributed by atoms with E-state index in [-0.39, 0.29) is 5.97 Å². The highest BCUT2D eigenvalue weighted by Gasteiger charge is 2.26. The topological polar surface area (TPSA) is 51.5 Å². The number of carbonyl (C=O) groups is 1. The normalized spacial score (nSPS) is 13.7. The zero-order valence-corrected chi connectivity index (χ0v) is 11.9. The van der Waals surface area contributed by atoms with Crippen LogP contribution in [-0.2, 0) is 17.6 Å². The highest BCUT2D eigenvalue weighted by atomic mass is 32.1. The third-order valence-corrected chi connectivity index (χ3v) is 4.51. The molecule has 0 aliphatic heterocycles. The number of aromatic nitrogens is 1. The third-order valence-electron chi connectivity index (χ3n) is 3.31. The van der Waals surface area contributed by atoms with Crippen LogP contribution in [-0.4, -0.2) is 24.3 Å². The predicted molar refractivity (Wildman–Crippen MR) is 79.2 cm³/mol. The monoisotopic (exact) mass is 286 g/mol. The lowest BCUT2D eigenvalue weighted by Gasteiger charge is -2.00. The number of aryl methyl sites for hydroxylation is 1. The Kier molecular flexibility index (Phi) is 3.60. The molecule has 0 unspecified atom stereocenters. The van der Waals surface area contributed by atoms with E-state index in [2.05, 4.69) is 9.98 Å². The van der Waals surface area contributed by atoms with Crippen molar-refractivity contribution in [3.63, 3.8) is 0 Å². The van der Waals surface area contributed by atoms with E-state index in [1.165, 1.54) is 12.0 Å². The van der Waals surface area contributed by atoms with Crippen LogP contribution in [0.3, 0.4) is 0 Å². The number of thiophene rings is 1. The standard InChI is InChI=1S/C15H14N2O2S/c1-19-15(18)13-11-5-2-6-12(11)20-14(13)17-9-10-4-3-7-16-8-10/h3-4,7-9H,2,5-6H2,1H3. The molecule has 0 saturated heterocycles. The van der Waals surface area contributed by atoms with Crippen molar-refractivity contribution in [3.8, 4) is 0 Å². The molecule has 0 spiro atoms. The molecule has 20 heavy (non-hydrogen) atoms. The minimum absolute atomic E-state index is 0.289. The van der Waals surface area contributed by atoms with Crippen LogP contribution in [0.1, 0.15) is 32.8 Å². The molecule has 0 radical (unpaired) electrons. The molecule has 2 heterocycles. The molecule has 0 fully saturated rings. The van der Waals surface area contributed by atoms with Crippen LogP contribution in [0.15, 0.2) is 29.5 Å². The second-order valence-corrected chi connectivity index (χ2v) is 5.66. The van der Waals surface area contributed by atoms with Gasteiger partial charge in [0.25, 0.3) is 0 Å². The minimum atomic E-state index is -0.289. The second kappa shape index (κ2) is 5.54. The van der Waals surface area contributed by atoms with Gasteiger partial charge in [0.15, 0.2) is 0 Å². The van der Waals surface area contributed by atoms with Gasteiger partial charge in [-0.3, -0.25) is 4.98 Å². The number of fused-ring (bicyclic) bond motifs is 1. The molecule has 0 bridgehead atoms. The molecule has 1 aliphatic rings. The van der Waals surface area contributed by atoms with Crippen LogP contribution >= 0.6 is 11.3 Å². The minimum Gasteiger partial charge on any atom is -0.465 e. The molecule has 1 aliphatic carbocycles. The van der Waals surface area contributed by atoms with Crippen molar-refractivity contribution in [3.05, 3.63) is 46.1 Å². The van der Waals surface area contributed by atoms with Gasteiger partial charge in [-0.1, -0.05) is 6.07 Å². The summed E-state index contributed by atoms with van der Waals surface area (Å²) in [5.41, 5.74) is 2.68. The van der Waals surface area contributed by atoms with E-state index in [4.69, 9.17) is 4.74 Å². The number of carbonyl (C=O) groups excluding carboxylic acids is 1. The van der Waals surface area contributed by atoms with E-state index in [1.807, 2.05) is 12.1 Å². The summed E-state index contributed by atoms with van der Waals surface area (Å²) in [4.78, 5) is 21.7. The second-order valence-electron chi connectivity index (χ2n) is 4.57. The summed E-state index contributed by atoms with van der Waals surface area (Å²) < 4.78 is 4.89.